The Kier molecular flexibility index (Phi) is 4.91. The molecule has 0 unspecified atom stereocenters. The molecule has 0 radical (unpaired) electrons. The summed E-state index contributed by atoms with van der Waals surface area (Å²) in [5.41, 5.74) is 2.50. The number of anilines is 4. The smallest absolute Gasteiger partial charge is 0.247 e. The van der Waals surface area contributed by atoms with Gasteiger partial charge in [-0.25, -0.2) is 0 Å². The number of carbonyl (C=O) groups excluding carboxylic acids is 1. The largest absolute Gasteiger partial charge is 0.329 e. The molecule has 1 aliphatic carbocycles. The van der Waals surface area contributed by atoms with Crippen LogP contribution in [0.15, 0.2) is 48.7 Å². The second-order valence-corrected chi connectivity index (χ2v) is 8.92. The molecule has 4 aromatic rings. The van der Waals surface area contributed by atoms with Gasteiger partial charge in [-0.05, 0) is 49.9 Å². The highest BCUT2D eigenvalue weighted by Gasteiger charge is 2.33. The summed E-state index contributed by atoms with van der Waals surface area (Å²) in [6.07, 6.45) is 5.91. The fourth-order valence-corrected chi connectivity index (χ4v) is 4.49. The van der Waals surface area contributed by atoms with Gasteiger partial charge in [0.15, 0.2) is 5.82 Å². The van der Waals surface area contributed by atoms with E-state index in [2.05, 4.69) is 20.8 Å². The number of aromatic nitrogens is 5. The minimum absolute atomic E-state index is 0.115. The summed E-state index contributed by atoms with van der Waals surface area (Å²) in [5, 5.41) is 14.3. The van der Waals surface area contributed by atoms with Crippen LogP contribution >= 0.6 is 11.6 Å². The van der Waals surface area contributed by atoms with Crippen molar-refractivity contribution in [1.29, 1.82) is 0 Å². The number of H-pyrrole nitrogens is 1. The molecule has 1 aromatic carbocycles. The normalized spacial score (nSPS) is 18.1. The standard InChI is InChI=1S/C23H23ClN8O/c24-15-5-1-2-6-16(15)25-21(33)18-7-3-11-31(18)23-27-20-8-4-12-32(20)22(28-23)26-19-13-17(29-30-19)14-9-10-14/h1-2,4-6,8,12-14,18H,3,7,9-11H2,(H,25,33)(H2,26,27,28,29,30)/t18-/m0/s1. The SMILES string of the molecule is O=C(Nc1ccccc1Cl)[C@@H]1CCCN1c1nc(Nc2cc(C3CC3)[nH]n2)n2cccc2n1. The van der Waals surface area contributed by atoms with E-state index < -0.39 is 0 Å². The molecule has 168 valence electrons. The van der Waals surface area contributed by atoms with Crippen LogP contribution in [0.1, 0.15) is 37.3 Å². The number of carbonyl (C=O) groups is 1. The van der Waals surface area contributed by atoms with E-state index in [4.69, 9.17) is 21.6 Å². The number of fused-ring (bicyclic) bond motifs is 1. The number of aromatic amines is 1. The minimum Gasteiger partial charge on any atom is -0.329 e. The second-order valence-electron chi connectivity index (χ2n) is 8.51. The predicted octanol–water partition coefficient (Wildman–Crippen LogP) is 4.33. The molecule has 1 atom stereocenters. The average molecular weight is 463 g/mol. The number of rotatable bonds is 6. The molecule has 4 heterocycles. The van der Waals surface area contributed by atoms with Gasteiger partial charge in [0.25, 0.3) is 0 Å². The highest BCUT2D eigenvalue weighted by Crippen LogP contribution is 2.39. The summed E-state index contributed by atoms with van der Waals surface area (Å²) in [4.78, 5) is 24.6. The number of halogens is 1. The van der Waals surface area contributed by atoms with Crippen molar-refractivity contribution in [2.24, 2.45) is 0 Å². The van der Waals surface area contributed by atoms with E-state index in [-0.39, 0.29) is 11.9 Å². The summed E-state index contributed by atoms with van der Waals surface area (Å²) in [5.74, 6) is 2.30. The van der Waals surface area contributed by atoms with Crippen molar-refractivity contribution in [3.05, 3.63) is 59.4 Å². The van der Waals surface area contributed by atoms with Crippen molar-refractivity contribution in [3.8, 4) is 0 Å². The van der Waals surface area contributed by atoms with Gasteiger partial charge in [-0.1, -0.05) is 23.7 Å². The highest BCUT2D eigenvalue weighted by molar-refractivity contribution is 6.33. The third-order valence-electron chi connectivity index (χ3n) is 6.17. The molecular formula is C23H23ClN8O. The monoisotopic (exact) mass is 462 g/mol. The molecule has 1 saturated carbocycles. The highest BCUT2D eigenvalue weighted by atomic mass is 35.5. The quantitative estimate of drug-likeness (QED) is 0.394. The molecule has 10 heteroatoms. The minimum atomic E-state index is -0.376. The molecule has 0 bridgehead atoms. The van der Waals surface area contributed by atoms with Gasteiger partial charge in [0.1, 0.15) is 11.7 Å². The van der Waals surface area contributed by atoms with Crippen LogP contribution in [0.2, 0.25) is 5.02 Å². The second kappa shape index (κ2) is 8.08. The lowest BCUT2D eigenvalue weighted by molar-refractivity contribution is -0.117. The summed E-state index contributed by atoms with van der Waals surface area (Å²) in [6.45, 7) is 0.700. The van der Waals surface area contributed by atoms with Gasteiger partial charge < -0.3 is 15.5 Å². The van der Waals surface area contributed by atoms with E-state index in [0.717, 1.165) is 24.2 Å². The Balaban J connectivity index is 1.28. The molecule has 1 aliphatic heterocycles. The van der Waals surface area contributed by atoms with E-state index in [0.29, 0.717) is 40.9 Å². The fourth-order valence-electron chi connectivity index (χ4n) is 4.31. The number of amides is 1. The lowest BCUT2D eigenvalue weighted by Crippen LogP contribution is -2.40. The number of nitrogens with zero attached hydrogens (tertiary/aromatic N) is 5. The maximum absolute atomic E-state index is 13.1. The number of para-hydroxylation sites is 1. The maximum Gasteiger partial charge on any atom is 0.247 e. The van der Waals surface area contributed by atoms with Crippen molar-refractivity contribution in [3.63, 3.8) is 0 Å². The summed E-state index contributed by atoms with van der Waals surface area (Å²) < 4.78 is 1.88. The number of benzene rings is 1. The molecule has 0 spiro atoms. The van der Waals surface area contributed by atoms with Crippen LogP contribution in [0.4, 0.5) is 23.4 Å². The first-order valence-electron chi connectivity index (χ1n) is 11.2. The molecule has 2 fully saturated rings. The van der Waals surface area contributed by atoms with Crippen molar-refractivity contribution in [1.82, 2.24) is 24.6 Å². The van der Waals surface area contributed by atoms with E-state index >= 15 is 0 Å². The van der Waals surface area contributed by atoms with E-state index in [9.17, 15) is 4.79 Å². The van der Waals surface area contributed by atoms with Crippen LogP contribution in [0.5, 0.6) is 0 Å². The summed E-state index contributed by atoms with van der Waals surface area (Å²) in [7, 11) is 0. The van der Waals surface area contributed by atoms with Crippen molar-refractivity contribution in [2.75, 3.05) is 22.1 Å². The van der Waals surface area contributed by atoms with Crippen LogP contribution in [0.25, 0.3) is 5.65 Å². The Morgan fingerprint density at radius 3 is 2.85 bits per heavy atom. The first kappa shape index (κ1) is 20.0. The molecule has 1 saturated heterocycles. The van der Waals surface area contributed by atoms with Gasteiger partial charge in [0.05, 0.1) is 10.7 Å². The van der Waals surface area contributed by atoms with Gasteiger partial charge in [0.2, 0.25) is 17.8 Å². The first-order valence-corrected chi connectivity index (χ1v) is 11.5. The molecule has 1 amide bonds. The molecule has 33 heavy (non-hydrogen) atoms. The Hall–Kier alpha value is -3.59. The number of nitrogens with one attached hydrogen (secondary N) is 3. The van der Waals surface area contributed by atoms with Crippen LogP contribution < -0.4 is 15.5 Å². The molecule has 3 N–H and O–H groups in total. The van der Waals surface area contributed by atoms with Gasteiger partial charge >= 0.3 is 0 Å². The van der Waals surface area contributed by atoms with Crippen LogP contribution in [0, 0.1) is 0 Å². The number of hydrogen-bond donors (Lipinski definition) is 3. The summed E-state index contributed by atoms with van der Waals surface area (Å²) in [6, 6.07) is 12.7. The molecule has 6 rings (SSSR count). The Morgan fingerprint density at radius 2 is 2.00 bits per heavy atom. The zero-order chi connectivity index (χ0) is 22.4. The Bertz CT molecular complexity index is 1330. The molecule has 3 aromatic heterocycles. The van der Waals surface area contributed by atoms with Crippen molar-refractivity contribution in [2.45, 2.75) is 37.6 Å². The van der Waals surface area contributed by atoms with Gasteiger partial charge in [-0.2, -0.15) is 15.1 Å². The maximum atomic E-state index is 13.1. The Morgan fingerprint density at radius 1 is 1.12 bits per heavy atom. The third kappa shape index (κ3) is 3.89. The predicted molar refractivity (Wildman–Crippen MR) is 127 cm³/mol. The first-order chi connectivity index (χ1) is 16.2. The lowest BCUT2D eigenvalue weighted by atomic mass is 10.2. The van der Waals surface area contributed by atoms with Crippen LogP contribution in [-0.4, -0.2) is 43.1 Å². The third-order valence-corrected chi connectivity index (χ3v) is 6.50. The lowest BCUT2D eigenvalue weighted by Gasteiger charge is -2.24. The average Bonchev–Trinajstić information content (AvgIpc) is 3.20. The van der Waals surface area contributed by atoms with Crippen molar-refractivity contribution >= 4 is 46.6 Å². The van der Waals surface area contributed by atoms with E-state index in [1.807, 2.05) is 45.8 Å². The summed E-state index contributed by atoms with van der Waals surface area (Å²) >= 11 is 6.23. The number of hydrogen-bond acceptors (Lipinski definition) is 6. The molecule has 2 aliphatic rings. The van der Waals surface area contributed by atoms with Crippen LogP contribution in [0.3, 0.4) is 0 Å². The molecular weight excluding hydrogens is 440 g/mol. The van der Waals surface area contributed by atoms with Gasteiger partial charge in [-0.3, -0.25) is 14.3 Å². The van der Waals surface area contributed by atoms with Gasteiger partial charge in [0, 0.05) is 30.4 Å². The fraction of sp³-hybridized carbons (Fsp3) is 0.304. The van der Waals surface area contributed by atoms with E-state index in [1.165, 1.54) is 12.8 Å². The van der Waals surface area contributed by atoms with Gasteiger partial charge in [-0.15, -0.1) is 0 Å². The zero-order valence-corrected chi connectivity index (χ0v) is 18.6. The van der Waals surface area contributed by atoms with Crippen LogP contribution in [-0.2, 0) is 4.79 Å². The molecule has 9 nitrogen and oxygen atoms in total. The van der Waals surface area contributed by atoms with E-state index in [1.54, 1.807) is 12.1 Å². The topological polar surface area (TPSA) is 103 Å². The zero-order valence-electron chi connectivity index (χ0n) is 17.8. The van der Waals surface area contributed by atoms with Crippen molar-refractivity contribution < 1.29 is 4.79 Å². The Labute approximate surface area is 195 Å².